The Kier molecular flexibility index (Phi) is 6.14. The van der Waals surface area contributed by atoms with Crippen molar-refractivity contribution in [3.05, 3.63) is 70.9 Å². The van der Waals surface area contributed by atoms with E-state index in [4.69, 9.17) is 10.8 Å². The molecule has 3 aromatic rings. The molecule has 146 valence electrons. The molecule has 0 saturated carbocycles. The van der Waals surface area contributed by atoms with Crippen LogP contribution in [0.3, 0.4) is 0 Å². The number of benzene rings is 2. The van der Waals surface area contributed by atoms with Gasteiger partial charge in [0.15, 0.2) is 0 Å². The number of primary amides is 1. The number of carbonyl (C=O) groups excluding carboxylic acids is 1. The van der Waals surface area contributed by atoms with Gasteiger partial charge in [0.2, 0.25) is 5.91 Å². The van der Waals surface area contributed by atoms with E-state index in [1.165, 1.54) is 11.1 Å². The van der Waals surface area contributed by atoms with Crippen molar-refractivity contribution in [1.82, 2.24) is 4.57 Å². The molecule has 2 aromatic carbocycles. The third kappa shape index (κ3) is 4.60. The molecule has 0 fully saturated rings. The maximum absolute atomic E-state index is 11.6. The predicted molar refractivity (Wildman–Crippen MR) is 110 cm³/mol. The van der Waals surface area contributed by atoms with E-state index in [-0.39, 0.29) is 18.7 Å². The number of nitrogens with two attached hydrogens (primary N) is 1. The summed E-state index contributed by atoms with van der Waals surface area (Å²) < 4.78 is 2.24. The van der Waals surface area contributed by atoms with Crippen molar-refractivity contribution in [3.8, 4) is 0 Å². The highest BCUT2D eigenvalue weighted by Gasteiger charge is 2.16. The summed E-state index contributed by atoms with van der Waals surface area (Å²) in [6, 6.07) is 16.5. The molecule has 0 saturated heterocycles. The third-order valence-corrected chi connectivity index (χ3v) is 5.16. The molecule has 0 bridgehead atoms. The predicted octanol–water partition coefficient (Wildman–Crippen LogP) is 3.82. The number of aryl methyl sites for hydroxylation is 1. The second-order valence-corrected chi connectivity index (χ2v) is 7.23. The van der Waals surface area contributed by atoms with Crippen LogP contribution in [0, 0.1) is 6.92 Å². The molecule has 5 heteroatoms. The number of amides is 1. The maximum Gasteiger partial charge on any atom is 0.303 e. The van der Waals surface area contributed by atoms with Gasteiger partial charge in [0.1, 0.15) is 0 Å². The zero-order valence-corrected chi connectivity index (χ0v) is 16.1. The van der Waals surface area contributed by atoms with E-state index in [1.807, 2.05) is 25.1 Å². The van der Waals surface area contributed by atoms with Crippen LogP contribution in [-0.4, -0.2) is 21.6 Å². The van der Waals surface area contributed by atoms with E-state index in [0.29, 0.717) is 6.42 Å². The molecule has 5 nitrogen and oxygen atoms in total. The number of aromatic nitrogens is 1. The maximum atomic E-state index is 11.6. The van der Waals surface area contributed by atoms with Crippen LogP contribution in [0.4, 0.5) is 0 Å². The summed E-state index contributed by atoms with van der Waals surface area (Å²) in [7, 11) is 0. The number of fused-ring (bicyclic) bond motifs is 1. The fourth-order valence-electron chi connectivity index (χ4n) is 3.72. The topological polar surface area (TPSA) is 85.3 Å². The summed E-state index contributed by atoms with van der Waals surface area (Å²) in [6.07, 6.45) is 2.77. The number of aliphatic carboxylic acids is 1. The number of nitrogens with zero attached hydrogens (tertiary/aromatic N) is 1. The minimum Gasteiger partial charge on any atom is -0.481 e. The Hall–Kier alpha value is -3.08. The number of unbranched alkanes of at least 4 members (excludes halogenated alkanes) is 1. The minimum atomic E-state index is -0.751. The molecule has 0 aliphatic carbocycles. The van der Waals surface area contributed by atoms with Crippen molar-refractivity contribution in [2.75, 3.05) is 0 Å². The van der Waals surface area contributed by atoms with E-state index in [0.717, 1.165) is 41.5 Å². The van der Waals surface area contributed by atoms with Gasteiger partial charge in [-0.25, -0.2) is 0 Å². The lowest BCUT2D eigenvalue weighted by Crippen LogP contribution is -2.14. The first kappa shape index (κ1) is 19.7. The number of carbonyl (C=O) groups is 2. The molecule has 1 amide bonds. The van der Waals surface area contributed by atoms with Crippen LogP contribution in [0.15, 0.2) is 48.5 Å². The standard InChI is InChI=1S/C23H26N2O3/c1-16-20(14-22(24)26)19-12-11-17(7-5-6-10-23(27)28)13-21(19)25(16)15-18-8-3-2-4-9-18/h2-4,8-9,11-13H,5-7,10,14-15H2,1H3,(H2,24,26)(H,27,28). The molecule has 0 radical (unpaired) electrons. The average molecular weight is 378 g/mol. The number of hydrogen-bond acceptors (Lipinski definition) is 2. The summed E-state index contributed by atoms with van der Waals surface area (Å²) in [5.74, 6) is -1.08. The lowest BCUT2D eigenvalue weighted by Gasteiger charge is -2.10. The minimum absolute atomic E-state index is 0.203. The lowest BCUT2D eigenvalue weighted by molar-refractivity contribution is -0.137. The molecule has 0 aliphatic heterocycles. The van der Waals surface area contributed by atoms with Gasteiger partial charge in [-0.05, 0) is 48.9 Å². The molecule has 0 unspecified atom stereocenters. The van der Waals surface area contributed by atoms with Crippen molar-refractivity contribution in [3.63, 3.8) is 0 Å². The first-order chi connectivity index (χ1) is 13.5. The molecule has 1 heterocycles. The second kappa shape index (κ2) is 8.74. The van der Waals surface area contributed by atoms with Gasteiger partial charge in [0, 0.05) is 29.6 Å². The Balaban J connectivity index is 1.95. The molecule has 0 aliphatic rings. The van der Waals surface area contributed by atoms with Gasteiger partial charge < -0.3 is 15.4 Å². The molecular formula is C23H26N2O3. The van der Waals surface area contributed by atoms with Crippen LogP contribution in [0.1, 0.15) is 41.6 Å². The van der Waals surface area contributed by atoms with Crippen LogP contribution in [-0.2, 0) is 29.0 Å². The second-order valence-electron chi connectivity index (χ2n) is 7.23. The largest absolute Gasteiger partial charge is 0.481 e. The summed E-state index contributed by atoms with van der Waals surface area (Å²) >= 11 is 0. The molecule has 0 atom stereocenters. The van der Waals surface area contributed by atoms with Crippen molar-refractivity contribution < 1.29 is 14.7 Å². The van der Waals surface area contributed by atoms with Crippen LogP contribution in [0.5, 0.6) is 0 Å². The fourth-order valence-corrected chi connectivity index (χ4v) is 3.72. The number of hydrogen-bond donors (Lipinski definition) is 2. The highest BCUT2D eigenvalue weighted by Crippen LogP contribution is 2.29. The monoisotopic (exact) mass is 378 g/mol. The first-order valence-corrected chi connectivity index (χ1v) is 9.60. The summed E-state index contributed by atoms with van der Waals surface area (Å²) in [4.78, 5) is 22.3. The van der Waals surface area contributed by atoms with Gasteiger partial charge in [-0.1, -0.05) is 42.5 Å². The fraction of sp³-hybridized carbons (Fsp3) is 0.304. The summed E-state index contributed by atoms with van der Waals surface area (Å²) in [5.41, 5.74) is 11.0. The van der Waals surface area contributed by atoms with Gasteiger partial charge in [0.25, 0.3) is 0 Å². The van der Waals surface area contributed by atoms with E-state index < -0.39 is 5.97 Å². The lowest BCUT2D eigenvalue weighted by atomic mass is 10.0. The van der Waals surface area contributed by atoms with Crippen LogP contribution >= 0.6 is 0 Å². The SMILES string of the molecule is Cc1c(CC(N)=O)c2ccc(CCCCC(=O)O)cc2n1Cc1ccccc1. The molecule has 3 N–H and O–H groups in total. The van der Waals surface area contributed by atoms with Gasteiger partial charge in [-0.15, -0.1) is 0 Å². The first-order valence-electron chi connectivity index (χ1n) is 9.60. The summed E-state index contributed by atoms with van der Waals surface area (Å²) in [6.45, 7) is 2.76. The van der Waals surface area contributed by atoms with Crippen molar-refractivity contribution in [2.24, 2.45) is 5.73 Å². The zero-order chi connectivity index (χ0) is 20.1. The Morgan fingerprint density at radius 2 is 1.79 bits per heavy atom. The number of carboxylic acid groups (broad SMARTS) is 1. The van der Waals surface area contributed by atoms with Crippen molar-refractivity contribution in [2.45, 2.75) is 45.6 Å². The molecule has 1 aromatic heterocycles. The highest BCUT2D eigenvalue weighted by molar-refractivity contribution is 5.90. The van der Waals surface area contributed by atoms with Crippen LogP contribution < -0.4 is 5.73 Å². The Labute approximate surface area is 164 Å². The quantitative estimate of drug-likeness (QED) is 0.555. The number of carboxylic acids is 1. The normalized spacial score (nSPS) is 11.0. The van der Waals surface area contributed by atoms with Crippen LogP contribution in [0.2, 0.25) is 0 Å². The van der Waals surface area contributed by atoms with Crippen molar-refractivity contribution in [1.29, 1.82) is 0 Å². The van der Waals surface area contributed by atoms with Crippen molar-refractivity contribution >= 4 is 22.8 Å². The molecule has 3 rings (SSSR count). The zero-order valence-electron chi connectivity index (χ0n) is 16.1. The van der Waals surface area contributed by atoms with E-state index >= 15 is 0 Å². The highest BCUT2D eigenvalue weighted by atomic mass is 16.4. The van der Waals surface area contributed by atoms with Crippen LogP contribution in [0.25, 0.3) is 10.9 Å². The van der Waals surface area contributed by atoms with E-state index in [9.17, 15) is 9.59 Å². The Morgan fingerprint density at radius 1 is 1.04 bits per heavy atom. The summed E-state index contributed by atoms with van der Waals surface area (Å²) in [5, 5.41) is 9.85. The Morgan fingerprint density at radius 3 is 2.46 bits per heavy atom. The third-order valence-electron chi connectivity index (χ3n) is 5.16. The molecule has 0 spiro atoms. The van der Waals surface area contributed by atoms with E-state index in [1.54, 1.807) is 0 Å². The van der Waals surface area contributed by atoms with Gasteiger partial charge in [0.05, 0.1) is 6.42 Å². The number of rotatable bonds is 9. The average Bonchev–Trinajstić information content (AvgIpc) is 2.91. The smallest absolute Gasteiger partial charge is 0.303 e. The van der Waals surface area contributed by atoms with Gasteiger partial charge in [-0.2, -0.15) is 0 Å². The van der Waals surface area contributed by atoms with Gasteiger partial charge >= 0.3 is 5.97 Å². The molecule has 28 heavy (non-hydrogen) atoms. The Bertz CT molecular complexity index is 990. The van der Waals surface area contributed by atoms with E-state index in [2.05, 4.69) is 34.9 Å². The van der Waals surface area contributed by atoms with Gasteiger partial charge in [-0.3, -0.25) is 9.59 Å². The molecular weight excluding hydrogens is 352 g/mol.